The molecule has 1 saturated heterocycles. The standard InChI is InChI=1S/C21H30N2O2/c1-16(2)9-20-13-24-21(25-20,14-23-8-7-22-15-23)6-5-19-11-17(3)10-18(4)12-19/h7-8,10-12,15-16,20H,5-6,9,13-14H2,1-4H3. The minimum absolute atomic E-state index is 0.183. The summed E-state index contributed by atoms with van der Waals surface area (Å²) < 4.78 is 14.7. The predicted molar refractivity (Wildman–Crippen MR) is 99.5 cm³/mol. The Balaban J connectivity index is 1.72. The molecule has 0 aliphatic carbocycles. The molecule has 0 spiro atoms. The molecule has 0 amide bonds. The lowest BCUT2D eigenvalue weighted by Crippen LogP contribution is -2.36. The van der Waals surface area contributed by atoms with Crippen molar-refractivity contribution in [1.82, 2.24) is 9.55 Å². The summed E-state index contributed by atoms with van der Waals surface area (Å²) in [6, 6.07) is 6.74. The van der Waals surface area contributed by atoms with Gasteiger partial charge in [0.1, 0.15) is 0 Å². The van der Waals surface area contributed by atoms with Gasteiger partial charge in [-0.25, -0.2) is 4.98 Å². The van der Waals surface area contributed by atoms with Crippen LogP contribution in [0.5, 0.6) is 0 Å². The molecule has 2 unspecified atom stereocenters. The molecule has 1 aliphatic heterocycles. The molecule has 2 aromatic rings. The van der Waals surface area contributed by atoms with E-state index < -0.39 is 5.79 Å². The summed E-state index contributed by atoms with van der Waals surface area (Å²) in [5.74, 6) is 0.0508. The molecule has 4 heteroatoms. The Hall–Kier alpha value is -1.65. The predicted octanol–water partition coefficient (Wildman–Crippen LogP) is 4.29. The molecule has 0 saturated carbocycles. The Bertz CT molecular complexity index is 661. The maximum atomic E-state index is 6.44. The van der Waals surface area contributed by atoms with Gasteiger partial charge in [0, 0.05) is 18.8 Å². The summed E-state index contributed by atoms with van der Waals surface area (Å²) in [4.78, 5) is 4.16. The minimum Gasteiger partial charge on any atom is -0.345 e. The summed E-state index contributed by atoms with van der Waals surface area (Å²) in [6.45, 7) is 10.1. The van der Waals surface area contributed by atoms with E-state index in [-0.39, 0.29) is 6.10 Å². The number of imidazole rings is 1. The van der Waals surface area contributed by atoms with Crippen LogP contribution in [0.2, 0.25) is 0 Å². The highest BCUT2D eigenvalue weighted by molar-refractivity contribution is 5.28. The lowest BCUT2D eigenvalue weighted by atomic mass is 10.0. The number of hydrogen-bond donors (Lipinski definition) is 0. The van der Waals surface area contributed by atoms with Crippen molar-refractivity contribution in [2.75, 3.05) is 6.61 Å². The number of aryl methyl sites for hydroxylation is 3. The van der Waals surface area contributed by atoms with E-state index in [0.717, 1.165) is 19.3 Å². The molecule has 2 heterocycles. The number of rotatable bonds is 7. The van der Waals surface area contributed by atoms with E-state index in [0.29, 0.717) is 19.1 Å². The van der Waals surface area contributed by atoms with Crippen LogP contribution in [0.15, 0.2) is 36.9 Å². The molecular formula is C21H30N2O2. The maximum Gasteiger partial charge on any atom is 0.187 e. The highest BCUT2D eigenvalue weighted by atomic mass is 16.7. The van der Waals surface area contributed by atoms with Crippen molar-refractivity contribution >= 4 is 0 Å². The summed E-state index contributed by atoms with van der Waals surface area (Å²) in [6.07, 6.45) is 8.63. The van der Waals surface area contributed by atoms with Gasteiger partial charge in [0.25, 0.3) is 0 Å². The monoisotopic (exact) mass is 342 g/mol. The topological polar surface area (TPSA) is 36.3 Å². The smallest absolute Gasteiger partial charge is 0.187 e. The van der Waals surface area contributed by atoms with Gasteiger partial charge >= 0.3 is 0 Å². The summed E-state index contributed by atoms with van der Waals surface area (Å²) in [5.41, 5.74) is 3.97. The first-order valence-corrected chi connectivity index (χ1v) is 9.29. The zero-order valence-electron chi connectivity index (χ0n) is 15.9. The zero-order chi connectivity index (χ0) is 17.9. The normalized spacial score (nSPS) is 23.5. The SMILES string of the molecule is Cc1cc(C)cc(CCC2(Cn3ccnc3)OCC(CC(C)C)O2)c1. The average Bonchev–Trinajstić information content (AvgIpc) is 3.15. The van der Waals surface area contributed by atoms with Crippen molar-refractivity contribution in [3.8, 4) is 0 Å². The van der Waals surface area contributed by atoms with Crippen LogP contribution in [0.25, 0.3) is 0 Å². The Morgan fingerprint density at radius 1 is 1.24 bits per heavy atom. The Morgan fingerprint density at radius 3 is 2.64 bits per heavy atom. The van der Waals surface area contributed by atoms with Crippen LogP contribution in [-0.4, -0.2) is 28.0 Å². The number of aromatic nitrogens is 2. The molecule has 2 atom stereocenters. The van der Waals surface area contributed by atoms with Crippen molar-refractivity contribution in [2.24, 2.45) is 5.92 Å². The second-order valence-corrected chi connectivity index (χ2v) is 7.82. The lowest BCUT2D eigenvalue weighted by Gasteiger charge is -2.29. The first-order chi connectivity index (χ1) is 11.9. The third-order valence-corrected chi connectivity index (χ3v) is 4.71. The van der Waals surface area contributed by atoms with Gasteiger partial charge in [0.2, 0.25) is 0 Å². The number of hydrogen-bond acceptors (Lipinski definition) is 3. The van der Waals surface area contributed by atoms with Gasteiger partial charge in [-0.2, -0.15) is 0 Å². The second-order valence-electron chi connectivity index (χ2n) is 7.82. The second kappa shape index (κ2) is 7.71. The van der Waals surface area contributed by atoms with Crippen molar-refractivity contribution in [1.29, 1.82) is 0 Å². The van der Waals surface area contributed by atoms with Crippen molar-refractivity contribution in [3.63, 3.8) is 0 Å². The fourth-order valence-electron chi connectivity index (χ4n) is 3.76. The van der Waals surface area contributed by atoms with Crippen LogP contribution in [0.1, 0.15) is 43.4 Å². The van der Waals surface area contributed by atoms with E-state index in [4.69, 9.17) is 9.47 Å². The molecule has 25 heavy (non-hydrogen) atoms. The minimum atomic E-state index is -0.558. The molecule has 1 aromatic heterocycles. The van der Waals surface area contributed by atoms with Crippen molar-refractivity contribution in [2.45, 2.75) is 65.4 Å². The molecule has 136 valence electrons. The molecule has 1 aliphatic rings. The molecule has 4 nitrogen and oxygen atoms in total. The number of nitrogens with zero attached hydrogens (tertiary/aromatic N) is 2. The summed E-state index contributed by atoms with van der Waals surface area (Å²) in [5, 5.41) is 0. The van der Waals surface area contributed by atoms with Gasteiger partial charge < -0.3 is 14.0 Å². The molecule has 0 radical (unpaired) electrons. The summed E-state index contributed by atoms with van der Waals surface area (Å²) >= 11 is 0. The van der Waals surface area contributed by atoms with Crippen LogP contribution in [0.4, 0.5) is 0 Å². The van der Waals surface area contributed by atoms with Gasteiger partial charge in [0.15, 0.2) is 5.79 Å². The van der Waals surface area contributed by atoms with Crippen LogP contribution in [0, 0.1) is 19.8 Å². The largest absolute Gasteiger partial charge is 0.345 e. The molecule has 1 fully saturated rings. The highest BCUT2D eigenvalue weighted by Crippen LogP contribution is 2.33. The third-order valence-electron chi connectivity index (χ3n) is 4.71. The average molecular weight is 342 g/mol. The van der Waals surface area contributed by atoms with Crippen molar-refractivity contribution in [3.05, 3.63) is 53.6 Å². The molecule has 0 bridgehead atoms. The van der Waals surface area contributed by atoms with E-state index >= 15 is 0 Å². The Morgan fingerprint density at radius 2 is 2.00 bits per heavy atom. The number of benzene rings is 1. The van der Waals surface area contributed by atoms with Crippen LogP contribution in [-0.2, 0) is 22.4 Å². The van der Waals surface area contributed by atoms with Gasteiger partial charge in [-0.05, 0) is 38.2 Å². The van der Waals surface area contributed by atoms with Crippen LogP contribution in [0.3, 0.4) is 0 Å². The Labute approximate surface area is 151 Å². The van der Waals surface area contributed by atoms with E-state index in [1.165, 1.54) is 16.7 Å². The quantitative estimate of drug-likeness (QED) is 0.753. The van der Waals surface area contributed by atoms with E-state index in [9.17, 15) is 0 Å². The van der Waals surface area contributed by atoms with Crippen LogP contribution >= 0.6 is 0 Å². The molecule has 0 N–H and O–H groups in total. The fourth-order valence-corrected chi connectivity index (χ4v) is 3.76. The van der Waals surface area contributed by atoms with E-state index in [1.807, 2.05) is 12.5 Å². The fraction of sp³-hybridized carbons (Fsp3) is 0.571. The van der Waals surface area contributed by atoms with Crippen LogP contribution < -0.4 is 0 Å². The highest BCUT2D eigenvalue weighted by Gasteiger charge is 2.41. The maximum absolute atomic E-state index is 6.44. The van der Waals surface area contributed by atoms with Crippen molar-refractivity contribution < 1.29 is 9.47 Å². The third kappa shape index (κ3) is 4.93. The zero-order valence-corrected chi connectivity index (χ0v) is 15.9. The molecule has 3 rings (SSSR count). The summed E-state index contributed by atoms with van der Waals surface area (Å²) in [7, 11) is 0. The van der Waals surface area contributed by atoms with Gasteiger partial charge in [-0.15, -0.1) is 0 Å². The van der Waals surface area contributed by atoms with E-state index in [1.54, 1.807) is 6.20 Å². The van der Waals surface area contributed by atoms with Gasteiger partial charge in [0.05, 0.1) is 25.6 Å². The van der Waals surface area contributed by atoms with E-state index in [2.05, 4.69) is 55.4 Å². The molecular weight excluding hydrogens is 312 g/mol. The van der Waals surface area contributed by atoms with Gasteiger partial charge in [-0.1, -0.05) is 43.2 Å². The van der Waals surface area contributed by atoms with Gasteiger partial charge in [-0.3, -0.25) is 0 Å². The molecule has 1 aromatic carbocycles. The first-order valence-electron chi connectivity index (χ1n) is 9.29. The lowest BCUT2D eigenvalue weighted by molar-refractivity contribution is -0.183. The Kier molecular flexibility index (Phi) is 5.60. The first kappa shape index (κ1) is 18.2. The number of ether oxygens (including phenoxy) is 2.